The fourth-order valence-electron chi connectivity index (χ4n) is 3.09. The molecule has 1 unspecified atom stereocenters. The molecule has 1 aliphatic carbocycles. The van der Waals surface area contributed by atoms with Crippen molar-refractivity contribution in [2.45, 2.75) is 38.1 Å². The molecule has 0 aliphatic heterocycles. The molecule has 2 heterocycles. The van der Waals surface area contributed by atoms with Crippen molar-refractivity contribution in [1.82, 2.24) is 20.4 Å². The predicted molar refractivity (Wildman–Crippen MR) is 96.3 cm³/mol. The van der Waals surface area contributed by atoms with Gasteiger partial charge in [0.25, 0.3) is 0 Å². The van der Waals surface area contributed by atoms with Crippen LogP contribution in [0.5, 0.6) is 0 Å². The normalized spacial score (nSPS) is 15.2. The van der Waals surface area contributed by atoms with Crippen LogP contribution in [0.1, 0.15) is 43.9 Å². The molecule has 7 nitrogen and oxygen atoms in total. The lowest BCUT2D eigenvalue weighted by Gasteiger charge is -2.16. The Morgan fingerprint density at radius 2 is 2.12 bits per heavy atom. The van der Waals surface area contributed by atoms with E-state index in [1.165, 1.54) is 18.4 Å². The summed E-state index contributed by atoms with van der Waals surface area (Å²) in [6, 6.07) is 5.09. The van der Waals surface area contributed by atoms with Gasteiger partial charge in [0.1, 0.15) is 11.8 Å². The number of furan rings is 1. The number of rotatable bonds is 7. The highest BCUT2D eigenvalue weighted by Gasteiger charge is 2.20. The highest BCUT2D eigenvalue weighted by Crippen LogP contribution is 2.19. The molecule has 0 aromatic carbocycles. The van der Waals surface area contributed by atoms with Crippen LogP contribution in [0, 0.1) is 0 Å². The first-order chi connectivity index (χ1) is 12.7. The smallest absolute Gasteiger partial charge is 0.309 e. The molecule has 2 amide bonds. The molecule has 0 spiro atoms. The van der Waals surface area contributed by atoms with E-state index in [0.717, 1.165) is 19.3 Å². The van der Waals surface area contributed by atoms with Gasteiger partial charge in [0, 0.05) is 25.5 Å². The monoisotopic (exact) mass is 356 g/mol. The summed E-state index contributed by atoms with van der Waals surface area (Å²) in [5.41, 5.74) is 1.37. The zero-order valence-corrected chi connectivity index (χ0v) is 14.7. The molecule has 3 rings (SSSR count). The summed E-state index contributed by atoms with van der Waals surface area (Å²) in [7, 11) is 0. The standard InChI is InChI=1S/C19H24N4O3/c24-18(20-11-9-15-6-2-1-3-7-15)19(25)21-14-16(17-8-4-13-26-17)23-12-5-10-22-23/h4-6,8,10,12-13,16H,1-3,7,9,11,14H2,(H,20,24)(H,21,25). The lowest BCUT2D eigenvalue weighted by Crippen LogP contribution is -2.42. The van der Waals surface area contributed by atoms with Gasteiger partial charge in [0.05, 0.1) is 6.26 Å². The van der Waals surface area contributed by atoms with Crippen molar-refractivity contribution in [2.75, 3.05) is 13.1 Å². The highest BCUT2D eigenvalue weighted by molar-refractivity contribution is 6.35. The van der Waals surface area contributed by atoms with Gasteiger partial charge in [-0.1, -0.05) is 11.6 Å². The van der Waals surface area contributed by atoms with Crippen LogP contribution < -0.4 is 10.6 Å². The number of aromatic nitrogens is 2. The summed E-state index contributed by atoms with van der Waals surface area (Å²) in [6.45, 7) is 0.700. The van der Waals surface area contributed by atoms with E-state index in [0.29, 0.717) is 12.3 Å². The SMILES string of the molecule is O=C(NCCC1=CCCCC1)C(=O)NCC(c1ccco1)n1cccn1. The third kappa shape index (κ3) is 4.84. The zero-order chi connectivity index (χ0) is 18.2. The molecular formula is C19H24N4O3. The molecule has 2 aromatic heterocycles. The first kappa shape index (κ1) is 18.0. The van der Waals surface area contributed by atoms with E-state index < -0.39 is 11.8 Å². The highest BCUT2D eigenvalue weighted by atomic mass is 16.3. The summed E-state index contributed by atoms with van der Waals surface area (Å²) in [5, 5.41) is 9.54. The van der Waals surface area contributed by atoms with E-state index in [2.05, 4.69) is 21.8 Å². The molecule has 0 bridgehead atoms. The van der Waals surface area contributed by atoms with Gasteiger partial charge in [-0.05, 0) is 50.3 Å². The lowest BCUT2D eigenvalue weighted by molar-refractivity contribution is -0.139. The van der Waals surface area contributed by atoms with Crippen molar-refractivity contribution in [2.24, 2.45) is 0 Å². The predicted octanol–water partition coefficient (Wildman–Crippen LogP) is 2.19. The minimum atomic E-state index is -0.647. The number of carbonyl (C=O) groups excluding carboxylic acids is 2. The fraction of sp³-hybridized carbons (Fsp3) is 0.421. The molecule has 0 saturated carbocycles. The third-order valence-electron chi connectivity index (χ3n) is 4.49. The summed E-state index contributed by atoms with van der Waals surface area (Å²) >= 11 is 0. The second-order valence-corrected chi connectivity index (χ2v) is 6.34. The Hall–Kier alpha value is -2.83. The first-order valence-electron chi connectivity index (χ1n) is 9.00. The van der Waals surface area contributed by atoms with E-state index in [1.54, 1.807) is 35.5 Å². The molecule has 7 heteroatoms. The number of amides is 2. The van der Waals surface area contributed by atoms with E-state index in [9.17, 15) is 9.59 Å². The maximum atomic E-state index is 12.1. The minimum absolute atomic E-state index is 0.215. The Balaban J connectivity index is 1.47. The van der Waals surface area contributed by atoms with Crippen LogP contribution in [0.4, 0.5) is 0 Å². The van der Waals surface area contributed by atoms with Crippen molar-refractivity contribution in [3.8, 4) is 0 Å². The van der Waals surface area contributed by atoms with Gasteiger partial charge >= 0.3 is 11.8 Å². The molecule has 0 fully saturated rings. The number of hydrogen-bond acceptors (Lipinski definition) is 4. The number of carbonyl (C=O) groups is 2. The van der Waals surface area contributed by atoms with Gasteiger partial charge in [-0.2, -0.15) is 5.10 Å². The molecule has 2 N–H and O–H groups in total. The average Bonchev–Trinajstić information content (AvgIpc) is 3.37. The lowest BCUT2D eigenvalue weighted by atomic mass is 9.97. The molecule has 26 heavy (non-hydrogen) atoms. The van der Waals surface area contributed by atoms with Crippen LogP contribution in [0.25, 0.3) is 0 Å². The Morgan fingerprint density at radius 1 is 1.23 bits per heavy atom. The molecular weight excluding hydrogens is 332 g/mol. The van der Waals surface area contributed by atoms with E-state index in [4.69, 9.17) is 4.42 Å². The van der Waals surface area contributed by atoms with Crippen molar-refractivity contribution in [3.05, 3.63) is 54.3 Å². The number of hydrogen-bond donors (Lipinski definition) is 2. The Morgan fingerprint density at radius 3 is 2.81 bits per heavy atom. The Kier molecular flexibility index (Phi) is 6.24. The van der Waals surface area contributed by atoms with E-state index in [-0.39, 0.29) is 12.6 Å². The summed E-state index contributed by atoms with van der Waals surface area (Å²) in [4.78, 5) is 24.1. The second kappa shape index (κ2) is 9.03. The number of nitrogens with one attached hydrogen (secondary N) is 2. The molecule has 1 aliphatic rings. The second-order valence-electron chi connectivity index (χ2n) is 6.34. The van der Waals surface area contributed by atoms with Gasteiger partial charge in [-0.25, -0.2) is 0 Å². The van der Waals surface area contributed by atoms with Crippen molar-refractivity contribution >= 4 is 11.8 Å². The van der Waals surface area contributed by atoms with Crippen molar-refractivity contribution < 1.29 is 14.0 Å². The van der Waals surface area contributed by atoms with Gasteiger partial charge < -0.3 is 15.1 Å². The Labute approximate surface area is 152 Å². The van der Waals surface area contributed by atoms with Gasteiger partial charge in [-0.15, -0.1) is 0 Å². The van der Waals surface area contributed by atoms with Crippen LogP contribution in [0.2, 0.25) is 0 Å². The average molecular weight is 356 g/mol. The topological polar surface area (TPSA) is 89.2 Å². The number of nitrogens with zero attached hydrogens (tertiary/aromatic N) is 2. The fourth-order valence-corrected chi connectivity index (χ4v) is 3.09. The quantitative estimate of drug-likeness (QED) is 0.588. The maximum Gasteiger partial charge on any atom is 0.309 e. The van der Waals surface area contributed by atoms with Crippen LogP contribution >= 0.6 is 0 Å². The summed E-state index contributed by atoms with van der Waals surface area (Å²) in [6.07, 6.45) is 12.7. The molecule has 138 valence electrons. The molecule has 2 aromatic rings. The molecule has 0 radical (unpaired) electrons. The molecule has 1 atom stereocenters. The van der Waals surface area contributed by atoms with E-state index in [1.807, 2.05) is 6.07 Å². The molecule has 0 saturated heterocycles. The maximum absolute atomic E-state index is 12.1. The van der Waals surface area contributed by atoms with Gasteiger partial charge in [0.15, 0.2) is 0 Å². The van der Waals surface area contributed by atoms with Crippen molar-refractivity contribution in [3.63, 3.8) is 0 Å². The zero-order valence-electron chi connectivity index (χ0n) is 14.7. The van der Waals surface area contributed by atoms with E-state index >= 15 is 0 Å². The minimum Gasteiger partial charge on any atom is -0.467 e. The Bertz CT molecular complexity index is 701. The van der Waals surface area contributed by atoms with Crippen molar-refractivity contribution in [1.29, 1.82) is 0 Å². The van der Waals surface area contributed by atoms with Gasteiger partial charge in [0.2, 0.25) is 0 Å². The van der Waals surface area contributed by atoms with Crippen LogP contribution in [0.15, 0.2) is 52.9 Å². The van der Waals surface area contributed by atoms with Crippen LogP contribution in [-0.4, -0.2) is 34.7 Å². The summed E-state index contributed by atoms with van der Waals surface area (Å²) < 4.78 is 7.11. The third-order valence-corrected chi connectivity index (χ3v) is 4.49. The number of allylic oxidation sites excluding steroid dienone is 1. The van der Waals surface area contributed by atoms with Crippen LogP contribution in [0.3, 0.4) is 0 Å². The van der Waals surface area contributed by atoms with Crippen LogP contribution in [-0.2, 0) is 9.59 Å². The first-order valence-corrected chi connectivity index (χ1v) is 9.00. The largest absolute Gasteiger partial charge is 0.467 e. The van der Waals surface area contributed by atoms with Gasteiger partial charge in [-0.3, -0.25) is 14.3 Å². The summed E-state index contributed by atoms with van der Waals surface area (Å²) in [5.74, 6) is -0.593.